The van der Waals surface area contributed by atoms with Gasteiger partial charge in [0.1, 0.15) is 12.1 Å². The second-order valence-corrected chi connectivity index (χ2v) is 5.74. The third-order valence-corrected chi connectivity index (χ3v) is 3.11. The van der Waals surface area contributed by atoms with Crippen LogP contribution in [-0.2, 0) is 16.0 Å². The fourth-order valence-electron chi connectivity index (χ4n) is 1.39. The van der Waals surface area contributed by atoms with E-state index in [4.69, 9.17) is 10.5 Å². The fraction of sp³-hybridized carbons (Fsp3) is 0.533. The lowest BCUT2D eigenvalue weighted by atomic mass is 9.90. The van der Waals surface area contributed by atoms with Gasteiger partial charge in [-0.15, -0.1) is 0 Å². The van der Waals surface area contributed by atoms with Gasteiger partial charge in [0.15, 0.2) is 0 Å². The Morgan fingerprint density at radius 2 is 1.83 bits per heavy atom. The van der Waals surface area contributed by atoms with Gasteiger partial charge in [0, 0.05) is 0 Å². The topological polar surface area (TPSA) is 52.3 Å². The van der Waals surface area contributed by atoms with E-state index in [1.54, 1.807) is 0 Å². The Balaban J connectivity index is 2.52. The monoisotopic (exact) mass is 249 g/mol. The zero-order valence-electron chi connectivity index (χ0n) is 11.6. The molecule has 3 nitrogen and oxygen atoms in total. The summed E-state index contributed by atoms with van der Waals surface area (Å²) < 4.78 is 5.38. The van der Waals surface area contributed by atoms with E-state index in [1.165, 1.54) is 0 Å². The summed E-state index contributed by atoms with van der Waals surface area (Å²) in [6, 6.07) is 9.13. The lowest BCUT2D eigenvalue weighted by Gasteiger charge is -2.28. The number of hydrogen-bond acceptors (Lipinski definition) is 3. The Morgan fingerprint density at radius 1 is 1.28 bits per heavy atom. The Kier molecular flexibility index (Phi) is 4.91. The molecular formula is C15H23NO2. The van der Waals surface area contributed by atoms with Crippen LogP contribution >= 0.6 is 0 Å². The second-order valence-electron chi connectivity index (χ2n) is 5.74. The molecule has 1 aromatic rings. The molecule has 1 aromatic carbocycles. The molecule has 18 heavy (non-hydrogen) atoms. The quantitative estimate of drug-likeness (QED) is 0.834. The van der Waals surface area contributed by atoms with Gasteiger partial charge < -0.3 is 10.5 Å². The molecule has 0 aliphatic heterocycles. The van der Waals surface area contributed by atoms with Crippen LogP contribution in [0.1, 0.15) is 33.3 Å². The summed E-state index contributed by atoms with van der Waals surface area (Å²) in [5.41, 5.74) is 6.85. The van der Waals surface area contributed by atoms with E-state index < -0.39 is 6.04 Å². The van der Waals surface area contributed by atoms with Crippen molar-refractivity contribution >= 4 is 5.97 Å². The molecule has 2 N–H and O–H groups in total. The average molecular weight is 249 g/mol. The van der Waals surface area contributed by atoms with Crippen molar-refractivity contribution in [2.75, 3.05) is 0 Å². The summed E-state index contributed by atoms with van der Waals surface area (Å²) in [5, 5.41) is 0. The maximum atomic E-state index is 11.9. The second kappa shape index (κ2) is 6.01. The predicted molar refractivity (Wildman–Crippen MR) is 73.1 cm³/mol. The lowest BCUT2D eigenvalue weighted by Crippen LogP contribution is -2.39. The van der Waals surface area contributed by atoms with Crippen LogP contribution in [0.15, 0.2) is 30.3 Å². The highest BCUT2D eigenvalue weighted by Gasteiger charge is 2.26. The van der Waals surface area contributed by atoms with Gasteiger partial charge in [-0.1, -0.05) is 51.1 Å². The highest BCUT2D eigenvalue weighted by atomic mass is 16.5. The van der Waals surface area contributed by atoms with Crippen molar-refractivity contribution in [3.63, 3.8) is 0 Å². The molecule has 0 radical (unpaired) electrons. The minimum absolute atomic E-state index is 0.0673. The molecule has 2 atom stereocenters. The van der Waals surface area contributed by atoms with Crippen molar-refractivity contribution in [1.29, 1.82) is 0 Å². The van der Waals surface area contributed by atoms with Gasteiger partial charge in [-0.25, -0.2) is 0 Å². The average Bonchev–Trinajstić information content (AvgIpc) is 2.28. The first-order valence-corrected chi connectivity index (χ1v) is 6.30. The number of ether oxygens (including phenoxy) is 1. The highest BCUT2D eigenvalue weighted by molar-refractivity contribution is 5.76. The molecule has 2 unspecified atom stereocenters. The smallest absolute Gasteiger partial charge is 0.323 e. The Hall–Kier alpha value is -1.35. The molecule has 0 aliphatic rings. The van der Waals surface area contributed by atoms with Gasteiger partial charge in [0.05, 0.1) is 0 Å². The molecule has 3 heteroatoms. The van der Waals surface area contributed by atoms with E-state index in [-0.39, 0.29) is 17.5 Å². The van der Waals surface area contributed by atoms with Crippen molar-refractivity contribution in [3.05, 3.63) is 35.9 Å². The number of rotatable bonds is 4. The van der Waals surface area contributed by atoms with Gasteiger partial charge in [-0.05, 0) is 24.3 Å². The summed E-state index contributed by atoms with van der Waals surface area (Å²) in [4.78, 5) is 11.9. The summed E-state index contributed by atoms with van der Waals surface area (Å²) in [6.45, 7) is 8.00. The Labute approximate surface area is 109 Å². The van der Waals surface area contributed by atoms with Crippen LogP contribution in [0, 0.1) is 5.41 Å². The van der Waals surface area contributed by atoms with E-state index in [9.17, 15) is 4.79 Å². The summed E-state index contributed by atoms with van der Waals surface area (Å²) in [5.74, 6) is -0.332. The number of carbonyl (C=O) groups is 1. The molecule has 0 spiro atoms. The maximum Gasteiger partial charge on any atom is 0.323 e. The van der Waals surface area contributed by atoms with Gasteiger partial charge in [-0.3, -0.25) is 4.79 Å². The van der Waals surface area contributed by atoms with Crippen LogP contribution in [0.4, 0.5) is 0 Å². The van der Waals surface area contributed by atoms with Crippen molar-refractivity contribution in [3.8, 4) is 0 Å². The van der Waals surface area contributed by atoms with E-state index in [0.29, 0.717) is 6.42 Å². The Morgan fingerprint density at radius 3 is 2.33 bits per heavy atom. The Bertz CT molecular complexity index is 381. The molecule has 1 rings (SSSR count). The van der Waals surface area contributed by atoms with Crippen LogP contribution in [0.3, 0.4) is 0 Å². The molecule has 0 bridgehead atoms. The normalized spacial score (nSPS) is 14.9. The third-order valence-electron chi connectivity index (χ3n) is 3.11. The van der Waals surface area contributed by atoms with E-state index in [0.717, 1.165) is 5.56 Å². The van der Waals surface area contributed by atoms with Crippen LogP contribution in [0.25, 0.3) is 0 Å². The molecule has 0 saturated carbocycles. The highest BCUT2D eigenvalue weighted by Crippen LogP contribution is 2.22. The van der Waals surface area contributed by atoms with Crippen LogP contribution in [-0.4, -0.2) is 18.1 Å². The van der Waals surface area contributed by atoms with E-state index in [1.807, 2.05) is 58.0 Å². The summed E-state index contributed by atoms with van der Waals surface area (Å²) in [7, 11) is 0. The summed E-state index contributed by atoms with van der Waals surface area (Å²) in [6.07, 6.45) is 0.364. The number of nitrogens with two attached hydrogens (primary N) is 1. The molecule has 0 aromatic heterocycles. The molecule has 0 fully saturated rings. The molecule has 0 amide bonds. The molecule has 100 valence electrons. The number of esters is 1. The fourth-order valence-corrected chi connectivity index (χ4v) is 1.39. The molecular weight excluding hydrogens is 226 g/mol. The van der Waals surface area contributed by atoms with E-state index in [2.05, 4.69) is 0 Å². The van der Waals surface area contributed by atoms with Crippen molar-refractivity contribution in [2.45, 2.75) is 46.3 Å². The molecule has 0 aliphatic carbocycles. The minimum Gasteiger partial charge on any atom is -0.461 e. The lowest BCUT2D eigenvalue weighted by molar-refractivity contribution is -0.154. The maximum absolute atomic E-state index is 11.9. The van der Waals surface area contributed by atoms with Gasteiger partial charge >= 0.3 is 5.97 Å². The standard InChI is InChI=1S/C15H23NO2/c1-11(15(2,3)4)18-14(17)13(16)10-12-8-6-5-7-9-12/h5-9,11,13H,10,16H2,1-4H3. The van der Waals surface area contributed by atoms with Gasteiger partial charge in [-0.2, -0.15) is 0 Å². The summed E-state index contributed by atoms with van der Waals surface area (Å²) >= 11 is 0. The van der Waals surface area contributed by atoms with Crippen LogP contribution in [0.5, 0.6) is 0 Å². The number of carbonyl (C=O) groups excluding carboxylic acids is 1. The van der Waals surface area contributed by atoms with Crippen LogP contribution < -0.4 is 5.73 Å². The number of benzene rings is 1. The molecule has 0 heterocycles. The van der Waals surface area contributed by atoms with Crippen molar-refractivity contribution in [2.24, 2.45) is 11.1 Å². The minimum atomic E-state index is -0.600. The molecule has 0 saturated heterocycles. The third kappa shape index (κ3) is 4.49. The zero-order chi connectivity index (χ0) is 13.8. The van der Waals surface area contributed by atoms with Gasteiger partial charge in [0.25, 0.3) is 0 Å². The van der Waals surface area contributed by atoms with Crippen molar-refractivity contribution in [1.82, 2.24) is 0 Å². The number of hydrogen-bond donors (Lipinski definition) is 1. The SMILES string of the molecule is CC(OC(=O)C(N)Cc1ccccc1)C(C)(C)C. The van der Waals surface area contributed by atoms with Crippen molar-refractivity contribution < 1.29 is 9.53 Å². The predicted octanol–water partition coefficient (Wildman–Crippen LogP) is 2.53. The first-order valence-electron chi connectivity index (χ1n) is 6.30. The van der Waals surface area contributed by atoms with E-state index >= 15 is 0 Å². The largest absolute Gasteiger partial charge is 0.461 e. The first kappa shape index (κ1) is 14.7. The first-order chi connectivity index (χ1) is 8.30. The zero-order valence-corrected chi connectivity index (χ0v) is 11.6. The van der Waals surface area contributed by atoms with Crippen LogP contribution in [0.2, 0.25) is 0 Å². The van der Waals surface area contributed by atoms with Gasteiger partial charge in [0.2, 0.25) is 0 Å².